The van der Waals surface area contributed by atoms with Crippen molar-refractivity contribution < 1.29 is 9.53 Å². The summed E-state index contributed by atoms with van der Waals surface area (Å²) in [6.45, 7) is 1.61. The first-order chi connectivity index (χ1) is 13.3. The molecule has 1 unspecified atom stereocenters. The van der Waals surface area contributed by atoms with E-state index in [-0.39, 0.29) is 12.2 Å². The lowest BCUT2D eigenvalue weighted by Crippen LogP contribution is -2.32. The fraction of sp³-hybridized carbons (Fsp3) is 0.227. The van der Waals surface area contributed by atoms with Gasteiger partial charge < -0.3 is 4.74 Å². The third-order valence-corrected chi connectivity index (χ3v) is 5.46. The van der Waals surface area contributed by atoms with E-state index in [1.165, 1.54) is 0 Å². The largest absolute Gasteiger partial charge is 0.496 e. The number of ether oxygens (including phenoxy) is 1. The highest BCUT2D eigenvalue weighted by Crippen LogP contribution is 2.44. The maximum Gasteiger partial charge on any atom is 0.340 e. The summed E-state index contributed by atoms with van der Waals surface area (Å²) in [7, 11) is 1.68. The van der Waals surface area contributed by atoms with Crippen LogP contribution in [-0.2, 0) is 0 Å². The van der Waals surface area contributed by atoms with E-state index in [2.05, 4.69) is 29.3 Å². The SMILES string of the molecule is COc1ccccc1C1N(c2cccc3ccccc23)C(=O)N2CCCN12. The predicted octanol–water partition coefficient (Wildman–Crippen LogP) is 4.41. The highest BCUT2D eigenvalue weighted by atomic mass is 16.5. The van der Waals surface area contributed by atoms with Crippen molar-refractivity contribution in [3.63, 3.8) is 0 Å². The van der Waals surface area contributed by atoms with Gasteiger partial charge in [0.05, 0.1) is 12.8 Å². The van der Waals surface area contributed by atoms with Crippen molar-refractivity contribution in [2.45, 2.75) is 12.6 Å². The summed E-state index contributed by atoms with van der Waals surface area (Å²) in [5, 5.41) is 6.25. The normalized spacial score (nSPS) is 19.7. The van der Waals surface area contributed by atoms with E-state index in [0.29, 0.717) is 0 Å². The standard InChI is InChI=1S/C22H21N3O2/c1-27-20-13-5-4-11-18(20)21-23-14-7-15-24(23)22(26)25(21)19-12-6-9-16-8-2-3-10-17(16)19/h2-6,8-13,21H,7,14-15H2,1H3. The highest BCUT2D eigenvalue weighted by molar-refractivity contribution is 6.04. The molecule has 0 radical (unpaired) electrons. The van der Waals surface area contributed by atoms with Gasteiger partial charge in [-0.1, -0.05) is 54.6 Å². The molecule has 5 heteroatoms. The first-order valence-electron chi connectivity index (χ1n) is 9.27. The molecule has 0 saturated carbocycles. The summed E-state index contributed by atoms with van der Waals surface area (Å²) < 4.78 is 5.63. The molecule has 5 rings (SSSR count). The Balaban J connectivity index is 1.72. The second kappa shape index (κ2) is 6.28. The van der Waals surface area contributed by atoms with Crippen molar-refractivity contribution in [3.05, 3.63) is 72.3 Å². The number of hydrazine groups is 1. The van der Waals surface area contributed by atoms with Crippen molar-refractivity contribution in [3.8, 4) is 5.75 Å². The Morgan fingerprint density at radius 3 is 2.59 bits per heavy atom. The summed E-state index contributed by atoms with van der Waals surface area (Å²) in [6.07, 6.45) is 0.780. The van der Waals surface area contributed by atoms with Crippen LogP contribution in [0.25, 0.3) is 10.8 Å². The average molecular weight is 359 g/mol. The number of anilines is 1. The van der Waals surface area contributed by atoms with E-state index < -0.39 is 0 Å². The van der Waals surface area contributed by atoms with Crippen molar-refractivity contribution >= 4 is 22.5 Å². The van der Waals surface area contributed by atoms with Crippen LogP contribution in [0.4, 0.5) is 10.5 Å². The number of amides is 2. The van der Waals surface area contributed by atoms with Gasteiger partial charge in [-0.05, 0) is 23.9 Å². The molecule has 2 aliphatic rings. The van der Waals surface area contributed by atoms with Gasteiger partial charge >= 0.3 is 6.03 Å². The third-order valence-electron chi connectivity index (χ3n) is 5.46. The average Bonchev–Trinajstić information content (AvgIpc) is 3.30. The van der Waals surface area contributed by atoms with E-state index in [9.17, 15) is 4.79 Å². The minimum atomic E-state index is -0.207. The first-order valence-corrected chi connectivity index (χ1v) is 9.27. The predicted molar refractivity (Wildman–Crippen MR) is 106 cm³/mol. The van der Waals surface area contributed by atoms with Crippen LogP contribution < -0.4 is 9.64 Å². The molecule has 0 spiro atoms. The molecule has 0 aliphatic carbocycles. The molecular formula is C22H21N3O2. The number of carbonyl (C=O) groups is 1. The Morgan fingerprint density at radius 2 is 1.70 bits per heavy atom. The van der Waals surface area contributed by atoms with Gasteiger partial charge in [0.15, 0.2) is 0 Å². The van der Waals surface area contributed by atoms with E-state index in [1.807, 2.05) is 52.4 Å². The Hall–Kier alpha value is -3.05. The molecule has 2 amide bonds. The number of nitrogens with zero attached hydrogens (tertiary/aromatic N) is 3. The number of hydrogen-bond acceptors (Lipinski definition) is 3. The van der Waals surface area contributed by atoms with Crippen LogP contribution >= 0.6 is 0 Å². The molecule has 5 nitrogen and oxygen atoms in total. The minimum Gasteiger partial charge on any atom is -0.496 e. The summed E-state index contributed by atoms with van der Waals surface area (Å²) in [6, 6.07) is 22.3. The van der Waals surface area contributed by atoms with E-state index in [4.69, 9.17) is 4.74 Å². The second-order valence-electron chi connectivity index (χ2n) is 6.91. The Morgan fingerprint density at radius 1 is 0.926 bits per heavy atom. The van der Waals surface area contributed by atoms with Gasteiger partial charge in [0.25, 0.3) is 0 Å². The van der Waals surface area contributed by atoms with Crippen LogP contribution in [0.3, 0.4) is 0 Å². The number of methoxy groups -OCH3 is 1. The van der Waals surface area contributed by atoms with Gasteiger partial charge in [0, 0.05) is 24.0 Å². The van der Waals surface area contributed by atoms with Crippen molar-refractivity contribution in [2.24, 2.45) is 0 Å². The van der Waals surface area contributed by atoms with Crippen LogP contribution in [0.1, 0.15) is 18.2 Å². The Bertz CT molecular complexity index is 1010. The minimum absolute atomic E-state index is 0.0276. The molecule has 2 fully saturated rings. The van der Waals surface area contributed by atoms with Crippen LogP contribution in [0.2, 0.25) is 0 Å². The smallest absolute Gasteiger partial charge is 0.340 e. The zero-order valence-corrected chi connectivity index (χ0v) is 15.2. The van der Waals surface area contributed by atoms with Crippen molar-refractivity contribution in [1.82, 2.24) is 10.0 Å². The Labute approximate surface area is 158 Å². The molecule has 136 valence electrons. The zero-order chi connectivity index (χ0) is 18.4. The molecule has 0 bridgehead atoms. The van der Waals surface area contributed by atoms with Crippen LogP contribution in [0.5, 0.6) is 5.75 Å². The van der Waals surface area contributed by atoms with Crippen LogP contribution in [0, 0.1) is 0 Å². The monoisotopic (exact) mass is 359 g/mol. The summed E-state index contributed by atoms with van der Waals surface area (Å²) >= 11 is 0. The van der Waals surface area contributed by atoms with Gasteiger partial charge in [-0.25, -0.2) is 4.79 Å². The van der Waals surface area contributed by atoms with Gasteiger partial charge in [-0.2, -0.15) is 5.01 Å². The third kappa shape index (κ3) is 2.39. The number of para-hydroxylation sites is 1. The van der Waals surface area contributed by atoms with E-state index >= 15 is 0 Å². The topological polar surface area (TPSA) is 36.0 Å². The molecule has 3 aromatic rings. The molecule has 2 saturated heterocycles. The fourth-order valence-electron chi connectivity index (χ4n) is 4.29. The number of rotatable bonds is 3. The number of fused-ring (bicyclic) bond motifs is 2. The number of carbonyl (C=O) groups excluding carboxylic acids is 1. The molecule has 0 N–H and O–H groups in total. The lowest BCUT2D eigenvalue weighted by Gasteiger charge is -2.29. The van der Waals surface area contributed by atoms with Gasteiger partial charge in [0.1, 0.15) is 11.9 Å². The first kappa shape index (κ1) is 16.1. The van der Waals surface area contributed by atoms with Crippen LogP contribution in [-0.4, -0.2) is 36.2 Å². The van der Waals surface area contributed by atoms with Crippen molar-refractivity contribution in [2.75, 3.05) is 25.1 Å². The van der Waals surface area contributed by atoms with Crippen molar-refractivity contribution in [1.29, 1.82) is 0 Å². The van der Waals surface area contributed by atoms with Gasteiger partial charge in [-0.3, -0.25) is 9.91 Å². The molecule has 27 heavy (non-hydrogen) atoms. The highest BCUT2D eigenvalue weighted by Gasteiger charge is 2.48. The van der Waals surface area contributed by atoms with Crippen LogP contribution in [0.15, 0.2) is 66.7 Å². The summed E-state index contributed by atoms with van der Waals surface area (Å²) in [5.74, 6) is 0.800. The number of urea groups is 1. The molecule has 1 atom stereocenters. The Kier molecular flexibility index (Phi) is 3.76. The summed E-state index contributed by atoms with van der Waals surface area (Å²) in [5.41, 5.74) is 1.94. The number of hydrogen-bond donors (Lipinski definition) is 0. The molecule has 2 aliphatic heterocycles. The van der Waals surface area contributed by atoms with Gasteiger partial charge in [0.2, 0.25) is 0 Å². The zero-order valence-electron chi connectivity index (χ0n) is 15.2. The lowest BCUT2D eigenvalue weighted by molar-refractivity contribution is 0.0718. The maximum atomic E-state index is 13.4. The molecule has 2 heterocycles. The fourth-order valence-corrected chi connectivity index (χ4v) is 4.29. The quantitative estimate of drug-likeness (QED) is 0.695. The maximum absolute atomic E-state index is 13.4. The van der Waals surface area contributed by atoms with E-state index in [1.54, 1.807) is 7.11 Å². The molecule has 3 aromatic carbocycles. The lowest BCUT2D eigenvalue weighted by atomic mass is 10.1. The molecule has 0 aromatic heterocycles. The van der Waals surface area contributed by atoms with E-state index in [0.717, 1.165) is 47.3 Å². The second-order valence-corrected chi connectivity index (χ2v) is 6.91. The summed E-state index contributed by atoms with van der Waals surface area (Å²) in [4.78, 5) is 15.3. The molecular weight excluding hydrogens is 338 g/mol. The van der Waals surface area contributed by atoms with Gasteiger partial charge in [-0.15, -0.1) is 0 Å². The number of benzene rings is 3.